The smallest absolute Gasteiger partial charge is 0.130 e. The Morgan fingerprint density at radius 2 is 1.95 bits per heavy atom. The van der Waals surface area contributed by atoms with Crippen molar-refractivity contribution in [3.05, 3.63) is 63.3 Å². The Morgan fingerprint density at radius 1 is 1.21 bits per heavy atom. The van der Waals surface area contributed by atoms with Crippen molar-refractivity contribution >= 4 is 33.2 Å². The normalized spacial score (nSPS) is 12.2. The molecule has 0 aliphatic rings. The van der Waals surface area contributed by atoms with Crippen molar-refractivity contribution in [1.82, 2.24) is 0 Å². The first-order valence-electron chi connectivity index (χ1n) is 5.69. The van der Waals surface area contributed by atoms with Gasteiger partial charge in [-0.25, -0.2) is 4.39 Å². The molecule has 100 valence electrons. The molecule has 1 atom stereocenters. The molecular formula is C14H12BrClFNO. The first-order valence-corrected chi connectivity index (χ1v) is 6.86. The van der Waals surface area contributed by atoms with Crippen LogP contribution in [0, 0.1) is 5.82 Å². The molecule has 2 N–H and O–H groups in total. The van der Waals surface area contributed by atoms with Crippen LogP contribution in [-0.2, 0) is 0 Å². The summed E-state index contributed by atoms with van der Waals surface area (Å²) < 4.78 is 14.7. The highest BCUT2D eigenvalue weighted by Crippen LogP contribution is 2.31. The van der Waals surface area contributed by atoms with E-state index in [1.807, 2.05) is 24.3 Å². The van der Waals surface area contributed by atoms with E-state index in [1.54, 1.807) is 6.07 Å². The molecule has 0 bridgehead atoms. The molecule has 0 aromatic heterocycles. The summed E-state index contributed by atoms with van der Waals surface area (Å²) in [5.41, 5.74) is 1.03. The van der Waals surface area contributed by atoms with E-state index in [1.165, 1.54) is 12.1 Å². The molecule has 0 saturated carbocycles. The van der Waals surface area contributed by atoms with Gasteiger partial charge < -0.3 is 10.4 Å². The highest BCUT2D eigenvalue weighted by molar-refractivity contribution is 9.10. The fraction of sp³-hybridized carbons (Fsp3) is 0.143. The van der Waals surface area contributed by atoms with E-state index in [0.29, 0.717) is 5.02 Å². The third kappa shape index (κ3) is 3.26. The summed E-state index contributed by atoms with van der Waals surface area (Å²) in [5, 5.41) is 12.8. The molecule has 0 spiro atoms. The molecular weight excluding hydrogens is 333 g/mol. The van der Waals surface area contributed by atoms with Gasteiger partial charge in [0.25, 0.3) is 0 Å². The Morgan fingerprint density at radius 3 is 2.58 bits per heavy atom. The van der Waals surface area contributed by atoms with Crippen molar-refractivity contribution in [2.45, 2.75) is 6.04 Å². The quantitative estimate of drug-likeness (QED) is 0.862. The molecule has 2 aromatic rings. The fourth-order valence-electron chi connectivity index (χ4n) is 1.82. The van der Waals surface area contributed by atoms with Gasteiger partial charge in [-0.2, -0.15) is 0 Å². The Labute approximate surface area is 124 Å². The number of rotatable bonds is 4. The molecule has 0 fully saturated rings. The van der Waals surface area contributed by atoms with Crippen LogP contribution in [0.2, 0.25) is 5.02 Å². The largest absolute Gasteiger partial charge is 0.394 e. The lowest BCUT2D eigenvalue weighted by Gasteiger charge is -2.20. The summed E-state index contributed by atoms with van der Waals surface area (Å²) in [7, 11) is 0. The SMILES string of the molecule is OCC(Nc1ccccc1Br)c1c(F)cccc1Cl. The highest BCUT2D eigenvalue weighted by atomic mass is 79.9. The van der Waals surface area contributed by atoms with E-state index < -0.39 is 11.9 Å². The molecule has 0 aliphatic heterocycles. The molecule has 0 radical (unpaired) electrons. The zero-order valence-corrected chi connectivity index (χ0v) is 12.2. The lowest BCUT2D eigenvalue weighted by atomic mass is 10.1. The Bertz CT molecular complexity index is 559. The lowest BCUT2D eigenvalue weighted by molar-refractivity contribution is 0.274. The second kappa shape index (κ2) is 6.37. The number of halogens is 3. The number of para-hydroxylation sites is 1. The zero-order valence-electron chi connectivity index (χ0n) is 9.91. The maximum atomic E-state index is 13.8. The van der Waals surface area contributed by atoms with E-state index in [9.17, 15) is 9.50 Å². The van der Waals surface area contributed by atoms with Gasteiger partial charge in [-0.1, -0.05) is 29.8 Å². The van der Waals surface area contributed by atoms with Crippen LogP contribution in [-0.4, -0.2) is 11.7 Å². The van der Waals surface area contributed by atoms with Gasteiger partial charge in [0.15, 0.2) is 0 Å². The third-order valence-electron chi connectivity index (χ3n) is 2.73. The predicted octanol–water partition coefficient (Wildman–Crippen LogP) is 4.39. The summed E-state index contributed by atoms with van der Waals surface area (Å²) in [6.45, 7) is -0.262. The molecule has 0 saturated heterocycles. The van der Waals surface area contributed by atoms with Crippen molar-refractivity contribution in [1.29, 1.82) is 0 Å². The third-order valence-corrected chi connectivity index (χ3v) is 3.76. The molecule has 2 nitrogen and oxygen atoms in total. The molecule has 0 amide bonds. The van der Waals surface area contributed by atoms with E-state index >= 15 is 0 Å². The average Bonchev–Trinajstić information content (AvgIpc) is 2.39. The zero-order chi connectivity index (χ0) is 13.8. The first kappa shape index (κ1) is 14.3. The Balaban J connectivity index is 2.34. The molecule has 2 aromatic carbocycles. The number of aliphatic hydroxyl groups is 1. The van der Waals surface area contributed by atoms with Crippen LogP contribution in [0.25, 0.3) is 0 Å². The standard InChI is InChI=1S/C14H12BrClFNO/c15-9-4-1-2-7-12(9)18-13(8-19)14-10(16)5-3-6-11(14)17/h1-7,13,18-19H,8H2. The number of hydrogen-bond donors (Lipinski definition) is 2. The van der Waals surface area contributed by atoms with E-state index in [0.717, 1.165) is 10.2 Å². The van der Waals surface area contributed by atoms with Gasteiger partial charge in [-0.15, -0.1) is 0 Å². The maximum Gasteiger partial charge on any atom is 0.130 e. The van der Waals surface area contributed by atoms with Crippen LogP contribution in [0.4, 0.5) is 10.1 Å². The van der Waals surface area contributed by atoms with Crippen molar-refractivity contribution in [2.75, 3.05) is 11.9 Å². The van der Waals surface area contributed by atoms with Crippen molar-refractivity contribution < 1.29 is 9.50 Å². The summed E-state index contributed by atoms with van der Waals surface area (Å²) in [5.74, 6) is -0.439. The lowest BCUT2D eigenvalue weighted by Crippen LogP contribution is -2.17. The van der Waals surface area contributed by atoms with Gasteiger partial charge in [0.05, 0.1) is 12.6 Å². The summed E-state index contributed by atoms with van der Waals surface area (Å²) in [6, 6.07) is 11.3. The molecule has 2 rings (SSSR count). The molecule has 5 heteroatoms. The predicted molar refractivity (Wildman–Crippen MR) is 79.0 cm³/mol. The van der Waals surface area contributed by atoms with Crippen LogP contribution in [0.1, 0.15) is 11.6 Å². The minimum absolute atomic E-state index is 0.262. The van der Waals surface area contributed by atoms with Gasteiger partial charge >= 0.3 is 0 Å². The molecule has 1 unspecified atom stereocenters. The minimum atomic E-state index is -0.604. The highest BCUT2D eigenvalue weighted by Gasteiger charge is 2.18. The Hall–Kier alpha value is -1.10. The van der Waals surface area contributed by atoms with Gasteiger partial charge in [0.1, 0.15) is 5.82 Å². The molecule has 0 heterocycles. The van der Waals surface area contributed by atoms with E-state index in [4.69, 9.17) is 11.6 Å². The van der Waals surface area contributed by atoms with Gasteiger partial charge in [0, 0.05) is 20.7 Å². The van der Waals surface area contributed by atoms with Gasteiger partial charge in [-0.05, 0) is 40.2 Å². The van der Waals surface area contributed by atoms with E-state index in [2.05, 4.69) is 21.2 Å². The first-order chi connectivity index (χ1) is 9.13. The Kier molecular flexibility index (Phi) is 4.80. The fourth-order valence-corrected chi connectivity index (χ4v) is 2.51. The number of nitrogens with one attached hydrogen (secondary N) is 1. The van der Waals surface area contributed by atoms with Crippen molar-refractivity contribution in [3.8, 4) is 0 Å². The van der Waals surface area contributed by atoms with E-state index in [-0.39, 0.29) is 12.2 Å². The summed E-state index contributed by atoms with van der Waals surface area (Å²) in [4.78, 5) is 0. The van der Waals surface area contributed by atoms with Crippen molar-refractivity contribution in [2.24, 2.45) is 0 Å². The van der Waals surface area contributed by atoms with Crippen LogP contribution >= 0.6 is 27.5 Å². The molecule has 19 heavy (non-hydrogen) atoms. The van der Waals surface area contributed by atoms with Crippen LogP contribution in [0.15, 0.2) is 46.9 Å². The van der Waals surface area contributed by atoms with Crippen LogP contribution in [0.5, 0.6) is 0 Å². The summed E-state index contributed by atoms with van der Waals surface area (Å²) in [6.07, 6.45) is 0. The van der Waals surface area contributed by atoms with Gasteiger partial charge in [0.2, 0.25) is 0 Å². The topological polar surface area (TPSA) is 32.3 Å². The summed E-state index contributed by atoms with van der Waals surface area (Å²) >= 11 is 9.40. The second-order valence-electron chi connectivity index (χ2n) is 3.99. The number of benzene rings is 2. The number of aliphatic hydroxyl groups excluding tert-OH is 1. The average molecular weight is 345 g/mol. The van der Waals surface area contributed by atoms with Crippen LogP contribution in [0.3, 0.4) is 0 Å². The maximum absolute atomic E-state index is 13.8. The van der Waals surface area contributed by atoms with Crippen LogP contribution < -0.4 is 5.32 Å². The number of anilines is 1. The van der Waals surface area contributed by atoms with Crippen molar-refractivity contribution in [3.63, 3.8) is 0 Å². The number of hydrogen-bond acceptors (Lipinski definition) is 2. The molecule has 0 aliphatic carbocycles. The minimum Gasteiger partial charge on any atom is -0.394 e. The van der Waals surface area contributed by atoms with Gasteiger partial charge in [-0.3, -0.25) is 0 Å². The monoisotopic (exact) mass is 343 g/mol. The second-order valence-corrected chi connectivity index (χ2v) is 5.26.